The first kappa shape index (κ1) is 29.9. The molecule has 42 heavy (non-hydrogen) atoms. The number of aryl methyl sites for hydroxylation is 2. The second kappa shape index (κ2) is 10.3. The van der Waals surface area contributed by atoms with Gasteiger partial charge in [-0.25, -0.2) is 4.79 Å². The Hall–Kier alpha value is -3.61. The lowest BCUT2D eigenvalue weighted by Crippen LogP contribution is -2.63. The van der Waals surface area contributed by atoms with E-state index in [9.17, 15) is 9.90 Å². The van der Waals surface area contributed by atoms with Gasteiger partial charge in [-0.1, -0.05) is 17.3 Å². The Labute approximate surface area is 255 Å². The predicted octanol–water partition coefficient (Wildman–Crippen LogP) is -1.91. The van der Waals surface area contributed by atoms with Crippen molar-refractivity contribution in [2.45, 2.75) is 24.4 Å². The van der Waals surface area contributed by atoms with Crippen molar-refractivity contribution in [2.24, 2.45) is 0 Å². The third-order valence-corrected chi connectivity index (χ3v) is 7.53. The Morgan fingerprint density at radius 2 is 1.45 bits per heavy atom. The zero-order chi connectivity index (χ0) is 30.9. The molecule has 5 rings (SSSR count). The van der Waals surface area contributed by atoms with E-state index in [-0.39, 0.29) is 38.4 Å². The van der Waals surface area contributed by atoms with Crippen molar-refractivity contribution in [1.29, 1.82) is 0 Å². The van der Waals surface area contributed by atoms with Crippen LogP contribution >= 0.6 is 0 Å². The number of aromatic nitrogens is 3. The van der Waals surface area contributed by atoms with Crippen LogP contribution in [0.1, 0.15) is 27.4 Å². The molecule has 6 nitrogen and oxygen atoms in total. The molecule has 182 valence electrons. The van der Waals surface area contributed by atoms with E-state index in [2.05, 4.69) is 5.16 Å². The molecular formula is C27H14B9N3O3. The molecule has 3 heterocycles. The fraction of sp³-hybridized carbons (Fsp3) is 0.148. The Balaban J connectivity index is 1.92. The highest BCUT2D eigenvalue weighted by atomic mass is 16.5. The van der Waals surface area contributed by atoms with Crippen LogP contribution in [0.2, 0.25) is 5.11 Å². The highest BCUT2D eigenvalue weighted by molar-refractivity contribution is 6.69. The summed E-state index contributed by atoms with van der Waals surface area (Å²) < 4.78 is 6.86. The summed E-state index contributed by atoms with van der Waals surface area (Å²) >= 11 is 0. The molecule has 3 aromatic heterocycles. The molecule has 5 aromatic rings. The standard InChI is InChI=1S/C27H14B9N3O3/c1-10-17(11(2)42-38-10)14-7-16-24(37-8-14)15(12-3-5-13(6-4-12)25(40)41)9-39(16)26(33,27(34,35)36)18-19(28)21(30)23(32)22(31)20(18)29/h3-9H,1-2H3,(H,40,41). The summed E-state index contributed by atoms with van der Waals surface area (Å²) in [7, 11) is 57.6. The van der Waals surface area contributed by atoms with Gasteiger partial charge in [-0.3, -0.25) is 4.98 Å². The number of hydrogen-bond acceptors (Lipinski definition) is 4. The molecule has 2 aromatic carbocycles. The Morgan fingerprint density at radius 1 is 0.881 bits per heavy atom. The largest absolute Gasteiger partial charge is 0.478 e. The van der Waals surface area contributed by atoms with Gasteiger partial charge in [0.05, 0.1) is 45.8 Å². The maximum absolute atomic E-state index is 11.5. The second-order valence-corrected chi connectivity index (χ2v) is 10.2. The van der Waals surface area contributed by atoms with Crippen LogP contribution in [-0.2, 0) is 5.44 Å². The maximum Gasteiger partial charge on any atom is 0.335 e. The van der Waals surface area contributed by atoms with E-state index in [0.29, 0.717) is 44.7 Å². The fourth-order valence-electron chi connectivity index (χ4n) is 5.24. The van der Waals surface area contributed by atoms with Crippen LogP contribution in [0.5, 0.6) is 0 Å². The lowest BCUT2D eigenvalue weighted by molar-refractivity contribution is 0.0697. The summed E-state index contributed by atoms with van der Waals surface area (Å²) in [6, 6.07) is 7.98. The van der Waals surface area contributed by atoms with Gasteiger partial charge in [0.15, 0.2) is 0 Å². The predicted molar refractivity (Wildman–Crippen MR) is 173 cm³/mol. The lowest BCUT2D eigenvalue weighted by Gasteiger charge is -2.49. The average Bonchev–Trinajstić information content (AvgIpc) is 3.49. The molecule has 0 amide bonds. The lowest BCUT2D eigenvalue weighted by atomic mass is 9.28. The topological polar surface area (TPSA) is 81.2 Å². The van der Waals surface area contributed by atoms with Crippen molar-refractivity contribution in [1.82, 2.24) is 14.7 Å². The van der Waals surface area contributed by atoms with E-state index in [1.807, 2.05) is 0 Å². The van der Waals surface area contributed by atoms with Crippen LogP contribution in [0.15, 0.2) is 47.2 Å². The minimum Gasteiger partial charge on any atom is -0.478 e. The number of pyridine rings is 1. The van der Waals surface area contributed by atoms with Crippen molar-refractivity contribution in [2.75, 3.05) is 0 Å². The number of rotatable bonds is 6. The molecule has 0 bridgehead atoms. The molecule has 0 fully saturated rings. The molecule has 0 aliphatic carbocycles. The third-order valence-electron chi connectivity index (χ3n) is 7.53. The Bertz CT molecular complexity index is 1850. The molecule has 0 saturated carbocycles. The number of carbonyl (C=O) groups is 1. The van der Waals surface area contributed by atoms with E-state index in [0.717, 1.165) is 0 Å². The highest BCUT2D eigenvalue weighted by Gasteiger charge is 2.42. The summed E-state index contributed by atoms with van der Waals surface area (Å²) in [6.45, 7) is 3.57. The first-order chi connectivity index (χ1) is 19.6. The van der Waals surface area contributed by atoms with E-state index < -0.39 is 16.5 Å². The molecule has 1 N–H and O–H groups in total. The van der Waals surface area contributed by atoms with Gasteiger partial charge in [-0.15, -0.1) is 32.4 Å². The SMILES string of the molecule is [B]c1c([B])c([B])c(C([B])(n2cc(-c3ccc(C(=O)O)cc3)c3ncc(-c4c(C)noc4C)cc32)C([B])([B])[B])c([B])c1[B]. The number of carboxylic acid groups (broad SMARTS) is 1. The first-order valence-corrected chi connectivity index (χ1v) is 12.5. The average molecular weight is 526 g/mol. The van der Waals surface area contributed by atoms with Gasteiger partial charge in [0.1, 0.15) is 52.8 Å². The van der Waals surface area contributed by atoms with Crippen LogP contribution in [0, 0.1) is 13.8 Å². The van der Waals surface area contributed by atoms with Crippen molar-refractivity contribution < 1.29 is 14.4 Å². The molecule has 0 aliphatic heterocycles. The zero-order valence-electron chi connectivity index (χ0n) is 22.8. The second-order valence-electron chi connectivity index (χ2n) is 10.2. The smallest absolute Gasteiger partial charge is 0.335 e. The van der Waals surface area contributed by atoms with Gasteiger partial charge in [0.2, 0.25) is 0 Å². The van der Waals surface area contributed by atoms with E-state index in [1.165, 1.54) is 16.7 Å². The third kappa shape index (κ3) is 4.43. The highest BCUT2D eigenvalue weighted by Crippen LogP contribution is 2.43. The molecular weight excluding hydrogens is 512 g/mol. The van der Waals surface area contributed by atoms with Crippen LogP contribution in [0.3, 0.4) is 0 Å². The monoisotopic (exact) mass is 527 g/mol. The molecule has 1 atom stereocenters. The summed E-state index contributed by atoms with van der Waals surface area (Å²) in [4.78, 5) is 16.2. The molecule has 18 radical (unpaired) electrons. The van der Waals surface area contributed by atoms with Crippen LogP contribution in [0.25, 0.3) is 33.3 Å². The van der Waals surface area contributed by atoms with E-state index in [4.69, 9.17) is 80.1 Å². The number of benzene rings is 2. The number of hydrogen-bond donors (Lipinski definition) is 1. The molecule has 0 spiro atoms. The summed E-state index contributed by atoms with van der Waals surface area (Å²) in [5, 5.41) is 11.2. The van der Waals surface area contributed by atoms with E-state index >= 15 is 0 Å². The van der Waals surface area contributed by atoms with Gasteiger partial charge in [0.25, 0.3) is 0 Å². The molecule has 15 heteroatoms. The summed E-state index contributed by atoms with van der Waals surface area (Å²) in [6.07, 6.45) is 3.27. The normalized spacial score (nSPS) is 13.3. The maximum atomic E-state index is 11.5. The van der Waals surface area contributed by atoms with Gasteiger partial charge in [-0.05, 0) is 43.2 Å². The van der Waals surface area contributed by atoms with Crippen LogP contribution < -0.4 is 27.3 Å². The summed E-state index contributed by atoms with van der Waals surface area (Å²) in [5.74, 6) is -0.510. The number of aromatic carboxylic acids is 1. The Morgan fingerprint density at radius 3 is 1.95 bits per heavy atom. The number of carboxylic acids is 1. The van der Waals surface area contributed by atoms with E-state index in [1.54, 1.807) is 44.4 Å². The van der Waals surface area contributed by atoms with Crippen LogP contribution in [-0.4, -0.2) is 96.4 Å². The number of fused-ring (bicyclic) bond motifs is 1. The van der Waals surface area contributed by atoms with Gasteiger partial charge < -0.3 is 14.2 Å². The van der Waals surface area contributed by atoms with Crippen molar-refractivity contribution in [3.63, 3.8) is 0 Å². The first-order valence-electron chi connectivity index (χ1n) is 12.5. The van der Waals surface area contributed by atoms with Gasteiger partial charge in [0, 0.05) is 34.5 Å². The van der Waals surface area contributed by atoms with Crippen molar-refractivity contribution in [3.8, 4) is 22.3 Å². The molecule has 1 unspecified atom stereocenters. The van der Waals surface area contributed by atoms with Crippen molar-refractivity contribution >= 4 is 115 Å². The Kier molecular flexibility index (Phi) is 7.32. The zero-order valence-corrected chi connectivity index (χ0v) is 22.8. The summed E-state index contributed by atoms with van der Waals surface area (Å²) in [5.41, 5.74) is 1.52. The molecule has 0 aliphatic rings. The quantitative estimate of drug-likeness (QED) is 0.262. The van der Waals surface area contributed by atoms with Crippen molar-refractivity contribution in [3.05, 3.63) is 65.3 Å². The molecule has 0 saturated heterocycles. The van der Waals surface area contributed by atoms with Gasteiger partial charge in [-0.2, -0.15) is 0 Å². The number of nitrogens with zero attached hydrogens (tertiary/aromatic N) is 3. The van der Waals surface area contributed by atoms with Gasteiger partial charge >= 0.3 is 5.97 Å². The van der Waals surface area contributed by atoms with Crippen LogP contribution in [0.4, 0.5) is 0 Å². The minimum atomic E-state index is -2.24. The fourth-order valence-corrected chi connectivity index (χ4v) is 5.24. The minimum absolute atomic E-state index is 0.0355.